The summed E-state index contributed by atoms with van der Waals surface area (Å²) in [5.74, 6) is -0.502. The quantitative estimate of drug-likeness (QED) is 0.653. The van der Waals surface area contributed by atoms with Crippen molar-refractivity contribution in [2.24, 2.45) is 0 Å². The monoisotopic (exact) mass is 399 g/mol. The van der Waals surface area contributed by atoms with E-state index in [0.29, 0.717) is 22.7 Å². The van der Waals surface area contributed by atoms with Gasteiger partial charge in [0.15, 0.2) is 5.76 Å². The first-order valence-electron chi connectivity index (χ1n) is 8.54. The number of halogens is 1. The molecule has 0 saturated carbocycles. The van der Waals surface area contributed by atoms with Crippen molar-refractivity contribution in [1.29, 1.82) is 0 Å². The predicted octanol–water partition coefficient (Wildman–Crippen LogP) is 3.63. The SMILES string of the molecule is COc1ccc(NC(=O)c2cc(=O)c(OCc3ccccc3F)co2)c(OC)c1. The first kappa shape index (κ1) is 19.9. The Bertz CT molecular complexity index is 1080. The zero-order chi connectivity index (χ0) is 20.8. The summed E-state index contributed by atoms with van der Waals surface area (Å²) in [4.78, 5) is 24.6. The smallest absolute Gasteiger partial charge is 0.291 e. The van der Waals surface area contributed by atoms with E-state index >= 15 is 0 Å². The fourth-order valence-electron chi connectivity index (χ4n) is 2.48. The molecule has 8 heteroatoms. The van der Waals surface area contributed by atoms with Gasteiger partial charge in [-0.05, 0) is 18.2 Å². The van der Waals surface area contributed by atoms with Crippen molar-refractivity contribution in [3.05, 3.63) is 82.2 Å². The number of carbonyl (C=O) groups is 1. The Labute approximate surface area is 165 Å². The summed E-state index contributed by atoms with van der Waals surface area (Å²) in [5, 5.41) is 2.60. The molecule has 0 radical (unpaired) electrons. The van der Waals surface area contributed by atoms with Gasteiger partial charge in [0.05, 0.1) is 19.9 Å². The number of hydrogen-bond acceptors (Lipinski definition) is 6. The van der Waals surface area contributed by atoms with E-state index in [1.165, 1.54) is 20.3 Å². The van der Waals surface area contributed by atoms with Gasteiger partial charge in [0.25, 0.3) is 5.91 Å². The molecule has 7 nitrogen and oxygen atoms in total. The molecule has 1 aromatic heterocycles. The minimum absolute atomic E-state index is 0.133. The molecule has 1 N–H and O–H groups in total. The number of carbonyl (C=O) groups excluding carboxylic acids is 1. The predicted molar refractivity (Wildman–Crippen MR) is 103 cm³/mol. The van der Waals surface area contributed by atoms with Crippen molar-refractivity contribution >= 4 is 11.6 Å². The van der Waals surface area contributed by atoms with Gasteiger partial charge in [-0.1, -0.05) is 18.2 Å². The number of anilines is 1. The number of hydrogen-bond donors (Lipinski definition) is 1. The van der Waals surface area contributed by atoms with E-state index in [0.717, 1.165) is 12.3 Å². The van der Waals surface area contributed by atoms with Crippen LogP contribution >= 0.6 is 0 Å². The Morgan fingerprint density at radius 2 is 1.86 bits per heavy atom. The highest BCUT2D eigenvalue weighted by Crippen LogP contribution is 2.29. The van der Waals surface area contributed by atoms with Crippen LogP contribution in [0.25, 0.3) is 0 Å². The molecule has 0 atom stereocenters. The standard InChI is InChI=1S/C21H18FNO6/c1-26-14-7-8-16(18(9-14)27-2)23-21(25)19-10-17(24)20(12-29-19)28-11-13-5-3-4-6-15(13)22/h3-10,12H,11H2,1-2H3,(H,23,25). The topological polar surface area (TPSA) is 87.0 Å². The van der Waals surface area contributed by atoms with E-state index in [2.05, 4.69) is 5.32 Å². The lowest BCUT2D eigenvalue weighted by Gasteiger charge is -2.11. The maximum absolute atomic E-state index is 13.6. The Balaban J connectivity index is 1.72. The highest BCUT2D eigenvalue weighted by Gasteiger charge is 2.15. The summed E-state index contributed by atoms with van der Waals surface area (Å²) in [5.41, 5.74) is 0.0978. The number of rotatable bonds is 7. The summed E-state index contributed by atoms with van der Waals surface area (Å²) in [6.07, 6.45) is 1.02. The third kappa shape index (κ3) is 4.73. The van der Waals surface area contributed by atoms with Gasteiger partial charge in [-0.25, -0.2) is 4.39 Å². The molecule has 29 heavy (non-hydrogen) atoms. The second kappa shape index (κ2) is 8.92. The van der Waals surface area contributed by atoms with E-state index in [1.807, 2.05) is 0 Å². The Morgan fingerprint density at radius 3 is 2.55 bits per heavy atom. The maximum atomic E-state index is 13.6. The average Bonchev–Trinajstić information content (AvgIpc) is 2.74. The van der Waals surface area contributed by atoms with Gasteiger partial charge >= 0.3 is 0 Å². The molecular formula is C21H18FNO6. The zero-order valence-corrected chi connectivity index (χ0v) is 15.7. The van der Waals surface area contributed by atoms with Crippen molar-refractivity contribution in [3.63, 3.8) is 0 Å². The molecule has 2 aromatic carbocycles. The number of nitrogens with one attached hydrogen (secondary N) is 1. The van der Waals surface area contributed by atoms with Crippen molar-refractivity contribution < 1.29 is 27.8 Å². The molecule has 0 spiro atoms. The van der Waals surface area contributed by atoms with Crippen LogP contribution in [0.15, 0.2) is 64.0 Å². The Hall–Kier alpha value is -3.81. The van der Waals surface area contributed by atoms with Crippen LogP contribution in [0.3, 0.4) is 0 Å². The van der Waals surface area contributed by atoms with Crippen LogP contribution in [0.4, 0.5) is 10.1 Å². The van der Waals surface area contributed by atoms with Gasteiger partial charge in [0.1, 0.15) is 30.2 Å². The number of benzene rings is 2. The van der Waals surface area contributed by atoms with Crippen LogP contribution in [0.1, 0.15) is 16.1 Å². The summed E-state index contributed by atoms with van der Waals surface area (Å²) in [6.45, 7) is -0.147. The molecule has 0 saturated heterocycles. The third-order valence-corrected chi connectivity index (χ3v) is 4.02. The van der Waals surface area contributed by atoms with Crippen molar-refractivity contribution in [2.75, 3.05) is 19.5 Å². The van der Waals surface area contributed by atoms with Crippen LogP contribution in [-0.4, -0.2) is 20.1 Å². The van der Waals surface area contributed by atoms with E-state index in [4.69, 9.17) is 18.6 Å². The highest BCUT2D eigenvalue weighted by atomic mass is 19.1. The zero-order valence-electron chi connectivity index (χ0n) is 15.7. The summed E-state index contributed by atoms with van der Waals surface area (Å²) < 4.78 is 34.5. The second-order valence-electron chi connectivity index (χ2n) is 5.87. The number of ether oxygens (including phenoxy) is 3. The molecule has 1 amide bonds. The van der Waals surface area contributed by atoms with Gasteiger partial charge in [-0.3, -0.25) is 9.59 Å². The van der Waals surface area contributed by atoms with Crippen LogP contribution in [0.5, 0.6) is 17.2 Å². The minimum Gasteiger partial charge on any atom is -0.497 e. The first-order valence-corrected chi connectivity index (χ1v) is 8.54. The lowest BCUT2D eigenvalue weighted by atomic mass is 10.2. The van der Waals surface area contributed by atoms with Crippen LogP contribution in [0.2, 0.25) is 0 Å². The largest absolute Gasteiger partial charge is 0.497 e. The van der Waals surface area contributed by atoms with E-state index in [1.54, 1.807) is 36.4 Å². The van der Waals surface area contributed by atoms with E-state index in [-0.39, 0.29) is 18.1 Å². The third-order valence-electron chi connectivity index (χ3n) is 4.02. The van der Waals surface area contributed by atoms with Crippen LogP contribution in [0, 0.1) is 5.82 Å². The van der Waals surface area contributed by atoms with Crippen molar-refractivity contribution in [2.45, 2.75) is 6.61 Å². The van der Waals surface area contributed by atoms with Crippen LogP contribution < -0.4 is 25.0 Å². The Morgan fingerprint density at radius 1 is 1.07 bits per heavy atom. The van der Waals surface area contributed by atoms with Gasteiger partial charge in [-0.2, -0.15) is 0 Å². The molecule has 150 valence electrons. The molecule has 0 aliphatic carbocycles. The molecule has 1 heterocycles. The second-order valence-corrected chi connectivity index (χ2v) is 5.87. The van der Waals surface area contributed by atoms with Gasteiger partial charge < -0.3 is 23.9 Å². The molecule has 3 aromatic rings. The Kier molecular flexibility index (Phi) is 6.13. The number of methoxy groups -OCH3 is 2. The fraction of sp³-hybridized carbons (Fsp3) is 0.143. The highest BCUT2D eigenvalue weighted by molar-refractivity contribution is 6.03. The van der Waals surface area contributed by atoms with E-state index in [9.17, 15) is 14.0 Å². The molecular weight excluding hydrogens is 381 g/mol. The van der Waals surface area contributed by atoms with Crippen LogP contribution in [-0.2, 0) is 6.61 Å². The summed E-state index contributed by atoms with van der Waals surface area (Å²) in [6, 6.07) is 11.9. The first-order chi connectivity index (χ1) is 14.0. The van der Waals surface area contributed by atoms with Gasteiger partial charge in [-0.15, -0.1) is 0 Å². The molecule has 0 aliphatic heterocycles. The lowest BCUT2D eigenvalue weighted by molar-refractivity contribution is 0.0993. The fourth-order valence-corrected chi connectivity index (χ4v) is 2.48. The summed E-state index contributed by atoms with van der Waals surface area (Å²) >= 11 is 0. The lowest BCUT2D eigenvalue weighted by Crippen LogP contribution is -2.16. The maximum Gasteiger partial charge on any atom is 0.291 e. The molecule has 0 fully saturated rings. The average molecular weight is 399 g/mol. The number of amides is 1. The van der Waals surface area contributed by atoms with Crippen molar-refractivity contribution in [3.8, 4) is 17.2 Å². The normalized spacial score (nSPS) is 10.3. The molecule has 0 bridgehead atoms. The van der Waals surface area contributed by atoms with Gasteiger partial charge in [0, 0.05) is 17.7 Å². The molecule has 0 unspecified atom stereocenters. The molecule has 0 aliphatic rings. The van der Waals surface area contributed by atoms with Crippen molar-refractivity contribution in [1.82, 2.24) is 0 Å². The molecule has 3 rings (SSSR count). The van der Waals surface area contributed by atoms with Gasteiger partial charge in [0.2, 0.25) is 11.2 Å². The van der Waals surface area contributed by atoms with E-state index < -0.39 is 17.2 Å². The minimum atomic E-state index is -0.647. The summed E-state index contributed by atoms with van der Waals surface area (Å²) in [7, 11) is 2.96.